The molecule has 4 unspecified atom stereocenters. The Hall–Kier alpha value is -0.120. The van der Waals surface area contributed by atoms with E-state index in [4.69, 9.17) is 9.47 Å². The second-order valence-electron chi connectivity index (χ2n) is 7.46. The Kier molecular flexibility index (Phi) is 5.23. The van der Waals surface area contributed by atoms with Crippen LogP contribution in [0.4, 0.5) is 0 Å². The van der Waals surface area contributed by atoms with Gasteiger partial charge in [-0.2, -0.15) is 0 Å². The monoisotopic (exact) mass is 295 g/mol. The smallest absolute Gasteiger partial charge is 0.0685 e. The first-order chi connectivity index (χ1) is 10.2. The molecule has 122 valence electrons. The lowest BCUT2D eigenvalue weighted by Gasteiger charge is -2.47. The highest BCUT2D eigenvalue weighted by Crippen LogP contribution is 2.43. The zero-order chi connectivity index (χ0) is 14.7. The van der Waals surface area contributed by atoms with Gasteiger partial charge in [0.15, 0.2) is 0 Å². The van der Waals surface area contributed by atoms with E-state index in [1.54, 1.807) is 0 Å². The Morgan fingerprint density at radius 2 is 1.95 bits per heavy atom. The minimum Gasteiger partial charge on any atom is -0.378 e. The van der Waals surface area contributed by atoms with E-state index >= 15 is 0 Å². The average Bonchev–Trinajstić information content (AvgIpc) is 2.91. The SMILES string of the molecule is CCNC(C1CCOC2(CCCCC2)C1)C1CCOC1C. The standard InChI is InChI=1S/C18H33NO2/c1-3-19-17(16-8-11-20-14(16)2)15-7-12-21-18(13-15)9-5-4-6-10-18/h14-17,19H,3-13H2,1-2H3. The first-order valence-corrected chi connectivity index (χ1v) is 9.23. The molecule has 0 radical (unpaired) electrons. The molecule has 3 rings (SSSR count). The van der Waals surface area contributed by atoms with Crippen LogP contribution in [-0.4, -0.2) is 37.5 Å². The largest absolute Gasteiger partial charge is 0.378 e. The van der Waals surface area contributed by atoms with Crippen LogP contribution in [0.2, 0.25) is 0 Å². The summed E-state index contributed by atoms with van der Waals surface area (Å²) in [6.07, 6.45) is 10.8. The van der Waals surface area contributed by atoms with Gasteiger partial charge >= 0.3 is 0 Å². The van der Waals surface area contributed by atoms with E-state index in [1.165, 1.54) is 51.4 Å². The summed E-state index contributed by atoms with van der Waals surface area (Å²) in [7, 11) is 0. The van der Waals surface area contributed by atoms with Crippen LogP contribution < -0.4 is 5.32 Å². The fourth-order valence-electron chi connectivity index (χ4n) is 5.04. The van der Waals surface area contributed by atoms with Crippen LogP contribution in [0, 0.1) is 11.8 Å². The van der Waals surface area contributed by atoms with Gasteiger partial charge in [-0.15, -0.1) is 0 Å². The highest BCUT2D eigenvalue weighted by atomic mass is 16.5. The van der Waals surface area contributed by atoms with Gasteiger partial charge in [-0.1, -0.05) is 26.2 Å². The van der Waals surface area contributed by atoms with Gasteiger partial charge in [-0.05, 0) is 51.5 Å². The van der Waals surface area contributed by atoms with E-state index in [1.807, 2.05) is 0 Å². The van der Waals surface area contributed by atoms with Crippen molar-refractivity contribution < 1.29 is 9.47 Å². The Labute approximate surface area is 130 Å². The minimum atomic E-state index is 0.220. The summed E-state index contributed by atoms with van der Waals surface area (Å²) in [4.78, 5) is 0. The molecule has 1 spiro atoms. The molecule has 3 nitrogen and oxygen atoms in total. The van der Waals surface area contributed by atoms with Crippen molar-refractivity contribution >= 4 is 0 Å². The summed E-state index contributed by atoms with van der Waals surface area (Å²) in [6, 6.07) is 0.621. The van der Waals surface area contributed by atoms with Crippen molar-refractivity contribution in [3.63, 3.8) is 0 Å². The lowest BCUT2D eigenvalue weighted by Crippen LogP contribution is -2.51. The van der Waals surface area contributed by atoms with Gasteiger partial charge in [-0.25, -0.2) is 0 Å². The number of hydrogen-bond acceptors (Lipinski definition) is 3. The molecular weight excluding hydrogens is 262 g/mol. The maximum Gasteiger partial charge on any atom is 0.0685 e. The lowest BCUT2D eigenvalue weighted by atomic mass is 9.71. The molecule has 2 aliphatic heterocycles. The Balaban J connectivity index is 1.69. The van der Waals surface area contributed by atoms with Crippen LogP contribution in [0.3, 0.4) is 0 Å². The van der Waals surface area contributed by atoms with Crippen LogP contribution >= 0.6 is 0 Å². The van der Waals surface area contributed by atoms with E-state index < -0.39 is 0 Å². The number of hydrogen-bond donors (Lipinski definition) is 1. The van der Waals surface area contributed by atoms with Gasteiger partial charge in [0.05, 0.1) is 11.7 Å². The third-order valence-electron chi connectivity index (χ3n) is 6.14. The van der Waals surface area contributed by atoms with Crippen LogP contribution in [-0.2, 0) is 9.47 Å². The average molecular weight is 295 g/mol. The van der Waals surface area contributed by atoms with Gasteiger partial charge < -0.3 is 14.8 Å². The predicted molar refractivity (Wildman–Crippen MR) is 85.5 cm³/mol. The molecule has 3 aliphatic rings. The fourth-order valence-corrected chi connectivity index (χ4v) is 5.04. The van der Waals surface area contributed by atoms with Gasteiger partial charge in [0, 0.05) is 25.2 Å². The van der Waals surface area contributed by atoms with Crippen molar-refractivity contribution in [3.05, 3.63) is 0 Å². The Bertz CT molecular complexity index is 322. The summed E-state index contributed by atoms with van der Waals surface area (Å²) in [6.45, 7) is 7.48. The molecule has 1 saturated carbocycles. The molecule has 0 aromatic heterocycles. The minimum absolute atomic E-state index is 0.220. The molecule has 0 amide bonds. The lowest BCUT2D eigenvalue weighted by molar-refractivity contribution is -0.125. The molecule has 1 N–H and O–H groups in total. The topological polar surface area (TPSA) is 30.5 Å². The van der Waals surface area contributed by atoms with Gasteiger partial charge in [0.2, 0.25) is 0 Å². The van der Waals surface area contributed by atoms with E-state index in [0.717, 1.165) is 25.7 Å². The molecule has 0 aromatic carbocycles. The first-order valence-electron chi connectivity index (χ1n) is 9.23. The Morgan fingerprint density at radius 3 is 2.62 bits per heavy atom. The second-order valence-corrected chi connectivity index (χ2v) is 7.46. The highest BCUT2D eigenvalue weighted by molar-refractivity contribution is 4.96. The predicted octanol–water partition coefficient (Wildman–Crippen LogP) is 3.52. The van der Waals surface area contributed by atoms with Crippen molar-refractivity contribution in [2.75, 3.05) is 19.8 Å². The van der Waals surface area contributed by atoms with E-state index in [0.29, 0.717) is 18.1 Å². The molecular formula is C18H33NO2. The molecule has 2 saturated heterocycles. The zero-order valence-electron chi connectivity index (χ0n) is 13.9. The maximum absolute atomic E-state index is 6.30. The molecule has 2 heterocycles. The molecule has 21 heavy (non-hydrogen) atoms. The van der Waals surface area contributed by atoms with Gasteiger partial charge in [0.25, 0.3) is 0 Å². The van der Waals surface area contributed by atoms with Crippen LogP contribution in [0.25, 0.3) is 0 Å². The van der Waals surface area contributed by atoms with Crippen molar-refractivity contribution in [2.45, 2.75) is 83.0 Å². The normalized spacial score (nSPS) is 37.7. The third kappa shape index (κ3) is 3.46. The summed E-state index contributed by atoms with van der Waals surface area (Å²) < 4.78 is 12.1. The summed E-state index contributed by atoms with van der Waals surface area (Å²) in [5.41, 5.74) is 0.220. The van der Waals surface area contributed by atoms with E-state index in [9.17, 15) is 0 Å². The van der Waals surface area contributed by atoms with E-state index in [2.05, 4.69) is 19.2 Å². The molecule has 4 atom stereocenters. The van der Waals surface area contributed by atoms with E-state index in [-0.39, 0.29) is 5.60 Å². The van der Waals surface area contributed by atoms with Crippen LogP contribution in [0.1, 0.15) is 65.2 Å². The summed E-state index contributed by atoms with van der Waals surface area (Å²) in [5.74, 6) is 1.46. The van der Waals surface area contributed by atoms with Gasteiger partial charge in [0.1, 0.15) is 0 Å². The summed E-state index contributed by atoms with van der Waals surface area (Å²) in [5, 5.41) is 3.81. The fraction of sp³-hybridized carbons (Fsp3) is 1.00. The third-order valence-corrected chi connectivity index (χ3v) is 6.14. The Morgan fingerprint density at radius 1 is 1.14 bits per heavy atom. The number of rotatable bonds is 4. The van der Waals surface area contributed by atoms with Crippen molar-refractivity contribution in [1.29, 1.82) is 0 Å². The molecule has 3 heteroatoms. The number of ether oxygens (including phenoxy) is 2. The second kappa shape index (κ2) is 6.97. The molecule has 1 aliphatic carbocycles. The van der Waals surface area contributed by atoms with Crippen molar-refractivity contribution in [3.8, 4) is 0 Å². The molecule has 3 fully saturated rings. The molecule has 0 aromatic rings. The number of nitrogens with one attached hydrogen (secondary N) is 1. The quantitative estimate of drug-likeness (QED) is 0.861. The van der Waals surface area contributed by atoms with Crippen molar-refractivity contribution in [1.82, 2.24) is 5.32 Å². The maximum atomic E-state index is 6.30. The first kappa shape index (κ1) is 15.8. The van der Waals surface area contributed by atoms with Gasteiger partial charge in [-0.3, -0.25) is 0 Å². The highest BCUT2D eigenvalue weighted by Gasteiger charge is 2.44. The van der Waals surface area contributed by atoms with Crippen LogP contribution in [0.15, 0.2) is 0 Å². The van der Waals surface area contributed by atoms with Crippen LogP contribution in [0.5, 0.6) is 0 Å². The molecule has 0 bridgehead atoms. The zero-order valence-corrected chi connectivity index (χ0v) is 13.9. The summed E-state index contributed by atoms with van der Waals surface area (Å²) >= 11 is 0. The van der Waals surface area contributed by atoms with Crippen molar-refractivity contribution in [2.24, 2.45) is 11.8 Å².